The second-order valence-corrected chi connectivity index (χ2v) is 11.8. The number of rotatable bonds is 7. The number of phenols is 1. The highest BCUT2D eigenvalue weighted by atomic mass is 19.1. The molecule has 0 radical (unpaired) electrons. The number of benzene rings is 2. The average molecular weight is 612 g/mol. The molecule has 0 spiro atoms. The van der Waals surface area contributed by atoms with Crippen molar-refractivity contribution < 1.29 is 32.9 Å². The number of hydrogen-bond donors (Lipinski definition) is 1. The molecular formula is C32H39F2N5O5. The number of piperazine rings is 1. The van der Waals surface area contributed by atoms with Gasteiger partial charge in [0.2, 0.25) is 0 Å². The number of nitrogens with zero attached hydrogens (tertiary/aromatic N) is 5. The molecule has 0 saturated carbocycles. The summed E-state index contributed by atoms with van der Waals surface area (Å²) in [5.41, 5.74) is -0.672. The molecule has 3 heterocycles. The number of anilines is 1. The van der Waals surface area contributed by atoms with Crippen molar-refractivity contribution >= 4 is 28.9 Å². The number of allylic oxidation sites excluding steroid dienone is 1. The number of morpholine rings is 1. The van der Waals surface area contributed by atoms with Crippen LogP contribution in [0.3, 0.4) is 0 Å². The van der Waals surface area contributed by atoms with E-state index in [0.29, 0.717) is 62.7 Å². The molecule has 236 valence electrons. The first-order chi connectivity index (χ1) is 21.1. The Morgan fingerprint density at radius 3 is 2.45 bits per heavy atom. The van der Waals surface area contributed by atoms with Gasteiger partial charge in [-0.1, -0.05) is 18.2 Å². The minimum absolute atomic E-state index is 0.0169. The molecule has 12 heteroatoms. The maximum absolute atomic E-state index is 16.6. The van der Waals surface area contributed by atoms with Crippen molar-refractivity contribution in [2.45, 2.75) is 33.3 Å². The number of amides is 1. The Kier molecular flexibility index (Phi) is 9.50. The van der Waals surface area contributed by atoms with Gasteiger partial charge in [0.05, 0.1) is 18.8 Å². The van der Waals surface area contributed by atoms with Crippen LogP contribution in [0.25, 0.3) is 28.1 Å². The zero-order valence-corrected chi connectivity index (χ0v) is 25.6. The van der Waals surface area contributed by atoms with E-state index in [2.05, 4.69) is 9.88 Å². The number of carbonyl (C=O) groups is 1. The Hall–Kier alpha value is -4.03. The van der Waals surface area contributed by atoms with Crippen LogP contribution in [0.5, 0.6) is 11.8 Å². The van der Waals surface area contributed by atoms with Crippen LogP contribution in [0, 0.1) is 11.6 Å². The van der Waals surface area contributed by atoms with Crippen molar-refractivity contribution in [2.75, 3.05) is 70.5 Å². The molecular weight excluding hydrogens is 572 g/mol. The van der Waals surface area contributed by atoms with Gasteiger partial charge in [-0.05, 0) is 51.5 Å². The molecule has 1 amide bonds. The number of hydrogen-bond acceptors (Lipinski definition) is 9. The number of ether oxygens (including phenoxy) is 3. The summed E-state index contributed by atoms with van der Waals surface area (Å²) in [4.78, 5) is 27.6. The lowest BCUT2D eigenvalue weighted by Crippen LogP contribution is -2.50. The Morgan fingerprint density at radius 2 is 1.80 bits per heavy atom. The minimum atomic E-state index is -0.801. The van der Waals surface area contributed by atoms with E-state index in [1.165, 1.54) is 18.2 Å². The van der Waals surface area contributed by atoms with Gasteiger partial charge in [-0.2, -0.15) is 9.97 Å². The third-order valence-corrected chi connectivity index (χ3v) is 7.48. The van der Waals surface area contributed by atoms with Crippen LogP contribution in [-0.4, -0.2) is 102 Å². The van der Waals surface area contributed by atoms with E-state index in [1.54, 1.807) is 30.0 Å². The highest BCUT2D eigenvalue weighted by molar-refractivity contribution is 5.98. The maximum atomic E-state index is 16.6. The summed E-state index contributed by atoms with van der Waals surface area (Å²) in [5.74, 6) is -1.51. The van der Waals surface area contributed by atoms with Crippen LogP contribution in [0.15, 0.2) is 30.3 Å². The van der Waals surface area contributed by atoms with Crippen molar-refractivity contribution in [1.82, 2.24) is 19.8 Å². The molecule has 10 nitrogen and oxygen atoms in total. The van der Waals surface area contributed by atoms with Gasteiger partial charge in [-0.25, -0.2) is 13.6 Å². The normalized spacial score (nSPS) is 16.6. The zero-order chi connectivity index (χ0) is 31.4. The van der Waals surface area contributed by atoms with Crippen molar-refractivity contribution in [3.8, 4) is 22.9 Å². The predicted octanol–water partition coefficient (Wildman–Crippen LogP) is 5.08. The summed E-state index contributed by atoms with van der Waals surface area (Å²) >= 11 is 0. The van der Waals surface area contributed by atoms with Crippen molar-refractivity contribution in [2.24, 2.45) is 0 Å². The van der Waals surface area contributed by atoms with Gasteiger partial charge in [0.15, 0.2) is 5.82 Å². The van der Waals surface area contributed by atoms with Crippen LogP contribution in [0.1, 0.15) is 33.3 Å². The Bertz CT molecular complexity index is 1510. The van der Waals surface area contributed by atoms with E-state index < -0.39 is 23.3 Å². The zero-order valence-electron chi connectivity index (χ0n) is 25.6. The maximum Gasteiger partial charge on any atom is 0.410 e. The summed E-state index contributed by atoms with van der Waals surface area (Å²) in [7, 11) is 0. The first-order valence-electron chi connectivity index (χ1n) is 14.9. The SMILES string of the molecule is CC=Cc1cc2c(N3CCN(C(=O)OC(C)(C)C)CC3)nc(OCCN3CCOCC3)nc2c(F)c1-c1c(O)cccc1F. The lowest BCUT2D eigenvalue weighted by atomic mass is 9.95. The number of phenolic OH excluding ortho intramolecular Hbond substituents is 1. The van der Waals surface area contributed by atoms with Crippen LogP contribution >= 0.6 is 0 Å². The second kappa shape index (κ2) is 13.3. The Balaban J connectivity index is 1.55. The van der Waals surface area contributed by atoms with Crippen molar-refractivity contribution in [3.05, 3.63) is 47.5 Å². The van der Waals surface area contributed by atoms with Gasteiger partial charge in [0.25, 0.3) is 0 Å². The Morgan fingerprint density at radius 1 is 1.07 bits per heavy atom. The highest BCUT2D eigenvalue weighted by Gasteiger charge is 2.29. The number of aromatic hydroxyl groups is 1. The highest BCUT2D eigenvalue weighted by Crippen LogP contribution is 2.41. The number of fused-ring (bicyclic) bond motifs is 1. The number of carbonyl (C=O) groups excluding carboxylic acids is 1. The predicted molar refractivity (Wildman–Crippen MR) is 164 cm³/mol. The molecule has 1 N–H and O–H groups in total. The second-order valence-electron chi connectivity index (χ2n) is 11.8. The molecule has 0 bridgehead atoms. The molecule has 0 aliphatic carbocycles. The molecule has 2 fully saturated rings. The fourth-order valence-electron chi connectivity index (χ4n) is 5.36. The van der Waals surface area contributed by atoms with E-state index in [-0.39, 0.29) is 35.0 Å². The topological polar surface area (TPSA) is 100 Å². The van der Waals surface area contributed by atoms with Gasteiger partial charge >= 0.3 is 12.1 Å². The molecule has 2 aromatic carbocycles. The van der Waals surface area contributed by atoms with E-state index in [4.69, 9.17) is 19.2 Å². The summed E-state index contributed by atoms with van der Waals surface area (Å²) in [5, 5.41) is 11.0. The average Bonchev–Trinajstić information content (AvgIpc) is 2.98. The number of aromatic nitrogens is 2. The standard InChI is InChI=1S/C32H39F2N5O5/c1-5-7-21-20-22-28(27(34)25(21)26-23(33)8-6-9-24(26)40)35-30(43-19-16-37-14-17-42-18-15-37)36-29(22)38-10-12-39(13-11-38)31(41)44-32(2,3)4/h5-9,20,40H,10-19H2,1-4H3. The lowest BCUT2D eigenvalue weighted by Gasteiger charge is -2.36. The fraction of sp³-hybridized carbons (Fsp3) is 0.469. The monoisotopic (exact) mass is 611 g/mol. The smallest absolute Gasteiger partial charge is 0.410 e. The van der Waals surface area contributed by atoms with Crippen LogP contribution in [-0.2, 0) is 9.47 Å². The summed E-state index contributed by atoms with van der Waals surface area (Å²) in [6, 6.07) is 5.54. The summed E-state index contributed by atoms with van der Waals surface area (Å²) in [6.45, 7) is 12.6. The molecule has 3 aromatic rings. The quantitative estimate of drug-likeness (QED) is 0.392. The van der Waals surface area contributed by atoms with Crippen LogP contribution in [0.2, 0.25) is 0 Å². The fourth-order valence-corrected chi connectivity index (χ4v) is 5.36. The first kappa shape index (κ1) is 31.4. The third-order valence-electron chi connectivity index (χ3n) is 7.48. The van der Waals surface area contributed by atoms with Gasteiger partial charge in [-0.3, -0.25) is 4.90 Å². The third kappa shape index (κ3) is 7.02. The lowest BCUT2D eigenvalue weighted by molar-refractivity contribution is 0.0240. The molecule has 0 atom stereocenters. The van der Waals surface area contributed by atoms with Gasteiger partial charge in [-0.15, -0.1) is 0 Å². The molecule has 2 aliphatic rings. The molecule has 44 heavy (non-hydrogen) atoms. The molecule has 2 aliphatic heterocycles. The largest absolute Gasteiger partial charge is 0.507 e. The van der Waals surface area contributed by atoms with E-state index in [1.807, 2.05) is 25.7 Å². The Labute approximate surface area is 255 Å². The van der Waals surface area contributed by atoms with Crippen LogP contribution in [0.4, 0.5) is 19.4 Å². The number of halogens is 2. The summed E-state index contributed by atoms with van der Waals surface area (Å²) in [6.07, 6.45) is 2.97. The van der Waals surface area contributed by atoms with Crippen molar-refractivity contribution in [1.29, 1.82) is 0 Å². The van der Waals surface area contributed by atoms with E-state index in [0.717, 1.165) is 13.1 Å². The van der Waals surface area contributed by atoms with Crippen molar-refractivity contribution in [3.63, 3.8) is 0 Å². The van der Waals surface area contributed by atoms with E-state index in [9.17, 15) is 9.90 Å². The van der Waals surface area contributed by atoms with Gasteiger partial charge in [0.1, 0.15) is 35.1 Å². The molecule has 1 aromatic heterocycles. The molecule has 2 saturated heterocycles. The molecule has 0 unspecified atom stereocenters. The van der Waals surface area contributed by atoms with Crippen LogP contribution < -0.4 is 9.64 Å². The van der Waals surface area contributed by atoms with Gasteiger partial charge < -0.3 is 29.1 Å². The molecule has 5 rings (SSSR count). The van der Waals surface area contributed by atoms with E-state index >= 15 is 8.78 Å². The summed E-state index contributed by atoms with van der Waals surface area (Å²) < 4.78 is 48.6. The first-order valence-corrected chi connectivity index (χ1v) is 14.9. The van der Waals surface area contributed by atoms with Gasteiger partial charge in [0, 0.05) is 56.8 Å². The minimum Gasteiger partial charge on any atom is -0.507 e.